The molecule has 3 heteroatoms. The second-order valence-corrected chi connectivity index (χ2v) is 13.3. The Morgan fingerprint density at radius 2 is 1.21 bits per heavy atom. The molecule has 34 heavy (non-hydrogen) atoms. The van der Waals surface area contributed by atoms with E-state index in [2.05, 4.69) is 77.2 Å². The minimum Gasteiger partial charge on any atom is -0.492 e. The molecule has 0 aromatic heterocycles. The number of aryl methyl sites for hydroxylation is 1. The van der Waals surface area contributed by atoms with Crippen LogP contribution >= 0.6 is 23.5 Å². The molecule has 1 aromatic carbocycles. The molecule has 0 fully saturated rings. The summed E-state index contributed by atoms with van der Waals surface area (Å²) < 4.78 is 6.38. The van der Waals surface area contributed by atoms with Gasteiger partial charge in [0.15, 0.2) is 0 Å². The molecule has 0 N–H and O–H groups in total. The molecule has 0 unspecified atom stereocenters. The average Bonchev–Trinajstić information content (AvgIpc) is 2.79. The minimum atomic E-state index is 0.103. The first-order valence-electron chi connectivity index (χ1n) is 14.3. The molecule has 0 aliphatic carbocycles. The largest absolute Gasteiger partial charge is 0.492 e. The Bertz CT molecular complexity index is 621. The molecular formula is C31H56OS2. The van der Waals surface area contributed by atoms with E-state index in [4.69, 9.17) is 4.74 Å². The second-order valence-electron chi connectivity index (χ2n) is 10.8. The Balaban J connectivity index is 2.46. The van der Waals surface area contributed by atoms with Gasteiger partial charge in [0.1, 0.15) is 5.75 Å². The molecule has 0 spiro atoms. The van der Waals surface area contributed by atoms with Crippen LogP contribution in [0, 0.1) is 6.92 Å². The van der Waals surface area contributed by atoms with Gasteiger partial charge in [-0.3, -0.25) is 0 Å². The van der Waals surface area contributed by atoms with Crippen molar-refractivity contribution < 1.29 is 4.74 Å². The van der Waals surface area contributed by atoms with E-state index in [-0.39, 0.29) is 5.41 Å². The van der Waals surface area contributed by atoms with Crippen LogP contribution in [0.2, 0.25) is 0 Å². The summed E-state index contributed by atoms with van der Waals surface area (Å²) >= 11 is 4.19. The van der Waals surface area contributed by atoms with Gasteiger partial charge in [0.25, 0.3) is 0 Å². The van der Waals surface area contributed by atoms with E-state index in [1.54, 1.807) is 0 Å². The summed E-state index contributed by atoms with van der Waals surface area (Å²) in [4.78, 5) is 0. The lowest BCUT2D eigenvalue weighted by molar-refractivity contribution is 0.332. The number of unbranched alkanes of at least 4 members (excludes halogenated alkanes) is 10. The molecule has 1 nitrogen and oxygen atoms in total. The molecule has 0 bridgehead atoms. The maximum atomic E-state index is 6.38. The van der Waals surface area contributed by atoms with Crippen LogP contribution in [0.4, 0.5) is 0 Å². The fraction of sp³-hybridized carbons (Fsp3) is 0.806. The van der Waals surface area contributed by atoms with Gasteiger partial charge >= 0.3 is 0 Å². The van der Waals surface area contributed by atoms with Gasteiger partial charge in [-0.15, -0.1) is 0 Å². The van der Waals surface area contributed by atoms with E-state index in [9.17, 15) is 0 Å². The first-order chi connectivity index (χ1) is 16.4. The van der Waals surface area contributed by atoms with E-state index in [1.807, 2.05) is 0 Å². The van der Waals surface area contributed by atoms with Crippen LogP contribution in [0.1, 0.15) is 128 Å². The van der Waals surface area contributed by atoms with Crippen LogP contribution in [-0.4, -0.2) is 29.6 Å². The highest BCUT2D eigenvalue weighted by atomic mass is 32.2. The second kappa shape index (κ2) is 19.9. The normalized spacial score (nSPS) is 11.8. The van der Waals surface area contributed by atoms with Crippen molar-refractivity contribution >= 4 is 23.5 Å². The van der Waals surface area contributed by atoms with Crippen LogP contribution in [0.25, 0.3) is 0 Å². The van der Waals surface area contributed by atoms with Crippen molar-refractivity contribution in [2.75, 3.05) is 29.6 Å². The number of thioether (sulfide) groups is 2. The molecule has 0 aliphatic rings. The summed E-state index contributed by atoms with van der Waals surface area (Å²) in [6.45, 7) is 14.7. The highest BCUT2D eigenvalue weighted by Crippen LogP contribution is 2.37. The van der Waals surface area contributed by atoms with Crippen molar-refractivity contribution in [1.29, 1.82) is 0 Å². The zero-order chi connectivity index (χ0) is 25.1. The SMILES string of the molecule is CCCCCCCCSCCOc1ccc(C)c(CCSCCCCCCCC)c1C(C)(C)C. The van der Waals surface area contributed by atoms with Crippen LogP contribution in [0.3, 0.4) is 0 Å². The zero-order valence-electron chi connectivity index (χ0n) is 23.6. The van der Waals surface area contributed by atoms with Crippen LogP contribution < -0.4 is 4.74 Å². The molecule has 198 valence electrons. The van der Waals surface area contributed by atoms with Crippen molar-refractivity contribution in [2.24, 2.45) is 0 Å². The topological polar surface area (TPSA) is 9.23 Å². The molecule has 0 radical (unpaired) electrons. The number of ether oxygens (including phenoxy) is 1. The van der Waals surface area contributed by atoms with Crippen LogP contribution in [-0.2, 0) is 11.8 Å². The van der Waals surface area contributed by atoms with Crippen molar-refractivity contribution in [2.45, 2.75) is 130 Å². The smallest absolute Gasteiger partial charge is 0.123 e. The van der Waals surface area contributed by atoms with Gasteiger partial charge in [-0.05, 0) is 66.1 Å². The summed E-state index contributed by atoms with van der Waals surface area (Å²) in [7, 11) is 0. The summed E-state index contributed by atoms with van der Waals surface area (Å²) in [5.74, 6) is 6.01. The first-order valence-corrected chi connectivity index (χ1v) is 16.6. The van der Waals surface area contributed by atoms with Crippen molar-refractivity contribution in [3.63, 3.8) is 0 Å². The quantitative estimate of drug-likeness (QED) is 0.153. The highest BCUT2D eigenvalue weighted by molar-refractivity contribution is 7.99. The van der Waals surface area contributed by atoms with Gasteiger partial charge in [0, 0.05) is 11.3 Å². The van der Waals surface area contributed by atoms with Gasteiger partial charge in [-0.2, -0.15) is 23.5 Å². The fourth-order valence-corrected chi connectivity index (χ4v) is 6.33. The molecule has 0 atom stereocenters. The Hall–Kier alpha value is -0.280. The number of hydrogen-bond donors (Lipinski definition) is 0. The Kier molecular flexibility index (Phi) is 18.5. The maximum Gasteiger partial charge on any atom is 0.123 e. The van der Waals surface area contributed by atoms with Gasteiger partial charge < -0.3 is 4.74 Å². The molecule has 0 heterocycles. The van der Waals surface area contributed by atoms with Crippen molar-refractivity contribution in [3.05, 3.63) is 28.8 Å². The molecule has 1 aromatic rings. The van der Waals surface area contributed by atoms with Gasteiger partial charge in [-0.25, -0.2) is 0 Å². The Labute approximate surface area is 222 Å². The van der Waals surface area contributed by atoms with E-state index < -0.39 is 0 Å². The predicted octanol–water partition coefficient (Wildman–Crippen LogP) is 10.4. The zero-order valence-corrected chi connectivity index (χ0v) is 25.2. The first kappa shape index (κ1) is 31.7. The van der Waals surface area contributed by atoms with Crippen molar-refractivity contribution in [3.8, 4) is 5.75 Å². The average molecular weight is 509 g/mol. The van der Waals surface area contributed by atoms with E-state index in [0.717, 1.165) is 24.5 Å². The third-order valence-corrected chi connectivity index (χ3v) is 8.63. The van der Waals surface area contributed by atoms with E-state index in [1.165, 1.54) is 111 Å². The molecule has 0 aliphatic heterocycles. The summed E-state index contributed by atoms with van der Waals surface area (Å²) in [5, 5.41) is 0. The van der Waals surface area contributed by atoms with Crippen LogP contribution in [0.15, 0.2) is 12.1 Å². The lowest BCUT2D eigenvalue weighted by Crippen LogP contribution is -2.18. The standard InChI is InChI=1S/C31H56OS2/c1-7-9-11-13-15-17-23-33-25-21-28-27(3)19-20-29(30(28)31(4,5)6)32-22-26-34-24-18-16-14-12-10-8-2/h19-20H,7-18,21-26H2,1-6H3. The van der Waals surface area contributed by atoms with Gasteiger partial charge in [-0.1, -0.05) is 105 Å². The van der Waals surface area contributed by atoms with Gasteiger partial charge in [0.05, 0.1) is 6.61 Å². The Morgan fingerprint density at radius 1 is 0.676 bits per heavy atom. The summed E-state index contributed by atoms with van der Waals surface area (Å²) in [6.07, 6.45) is 17.8. The fourth-order valence-electron chi connectivity index (χ4n) is 4.55. The monoisotopic (exact) mass is 508 g/mol. The number of benzene rings is 1. The molecule has 1 rings (SSSR count). The van der Waals surface area contributed by atoms with E-state index in [0.29, 0.717) is 0 Å². The van der Waals surface area contributed by atoms with Crippen molar-refractivity contribution in [1.82, 2.24) is 0 Å². The molecule has 0 saturated heterocycles. The minimum absolute atomic E-state index is 0.103. The predicted molar refractivity (Wildman–Crippen MR) is 160 cm³/mol. The Morgan fingerprint density at radius 3 is 1.76 bits per heavy atom. The van der Waals surface area contributed by atoms with Gasteiger partial charge in [0.2, 0.25) is 0 Å². The van der Waals surface area contributed by atoms with E-state index >= 15 is 0 Å². The van der Waals surface area contributed by atoms with Crippen LogP contribution in [0.5, 0.6) is 5.75 Å². The number of rotatable bonds is 21. The third kappa shape index (κ3) is 14.3. The molecular weight excluding hydrogens is 452 g/mol. The lowest BCUT2D eigenvalue weighted by atomic mass is 9.80. The highest BCUT2D eigenvalue weighted by Gasteiger charge is 2.24. The molecule has 0 amide bonds. The summed E-state index contributed by atoms with van der Waals surface area (Å²) in [5.41, 5.74) is 4.50. The lowest BCUT2D eigenvalue weighted by Gasteiger charge is -2.27. The number of hydrogen-bond acceptors (Lipinski definition) is 3. The maximum absolute atomic E-state index is 6.38. The molecule has 0 saturated carbocycles. The summed E-state index contributed by atoms with van der Waals surface area (Å²) in [6, 6.07) is 4.50. The third-order valence-electron chi connectivity index (χ3n) is 6.52.